The molecule has 0 fully saturated rings. The highest BCUT2D eigenvalue weighted by atomic mass is 19.1. The van der Waals surface area contributed by atoms with Crippen LogP contribution in [-0.4, -0.2) is 24.6 Å². The molecule has 25 heavy (non-hydrogen) atoms. The van der Waals surface area contributed by atoms with Gasteiger partial charge in [-0.15, -0.1) is 0 Å². The summed E-state index contributed by atoms with van der Waals surface area (Å²) in [4.78, 5) is 4.35. The highest BCUT2D eigenvalue weighted by Gasteiger charge is 2.15. The number of aliphatic imine (C=N–C) groups is 1. The quantitative estimate of drug-likeness (QED) is 0.590. The molecule has 1 aliphatic heterocycles. The maximum absolute atomic E-state index is 14.2. The van der Waals surface area contributed by atoms with E-state index in [1.165, 1.54) is 24.3 Å². The number of allylic oxidation sites excluding steroid dienone is 1. The third kappa shape index (κ3) is 3.91. The van der Waals surface area contributed by atoms with Crippen molar-refractivity contribution in [3.8, 4) is 0 Å². The molecule has 0 amide bonds. The van der Waals surface area contributed by atoms with Gasteiger partial charge >= 0.3 is 0 Å². The van der Waals surface area contributed by atoms with Crippen LogP contribution in [0.4, 0.5) is 14.5 Å². The molecule has 0 spiro atoms. The van der Waals surface area contributed by atoms with Gasteiger partial charge in [0, 0.05) is 24.2 Å². The monoisotopic (exact) mass is 340 g/mol. The SMILES string of the molecule is N=C(/C=C/c1ccc(F)cc1)c1cc(C2=NCCCN2)cc(F)c1N. The molecule has 0 unspecified atom stereocenters. The summed E-state index contributed by atoms with van der Waals surface area (Å²) in [5, 5.41) is 11.3. The lowest BCUT2D eigenvalue weighted by molar-refractivity contribution is 0.627. The Morgan fingerprint density at radius 1 is 1.20 bits per heavy atom. The molecule has 1 heterocycles. The highest BCUT2D eigenvalue weighted by Crippen LogP contribution is 2.21. The van der Waals surface area contributed by atoms with Gasteiger partial charge in [0.15, 0.2) is 0 Å². The predicted molar refractivity (Wildman–Crippen MR) is 97.1 cm³/mol. The molecule has 0 radical (unpaired) electrons. The number of hydrogen-bond acceptors (Lipinski definition) is 4. The fourth-order valence-corrected chi connectivity index (χ4v) is 2.55. The van der Waals surface area contributed by atoms with Crippen LogP contribution in [0.25, 0.3) is 6.08 Å². The van der Waals surface area contributed by atoms with E-state index in [1.807, 2.05) is 0 Å². The molecule has 0 aromatic heterocycles. The standard InChI is InChI=1S/C19H18F2N4/c20-14-5-2-12(3-6-14)4-7-17(22)15-10-13(11-16(21)18(15)23)19-24-8-1-9-25-19/h2-7,10-11,22H,1,8-9,23H2,(H,24,25)/b7-4+,22-17?. The van der Waals surface area contributed by atoms with Crippen molar-refractivity contribution in [2.75, 3.05) is 18.8 Å². The number of benzene rings is 2. The lowest BCUT2D eigenvalue weighted by atomic mass is 10.0. The van der Waals surface area contributed by atoms with E-state index in [4.69, 9.17) is 11.1 Å². The van der Waals surface area contributed by atoms with Crippen LogP contribution in [-0.2, 0) is 0 Å². The first-order chi connectivity index (χ1) is 12.0. The number of anilines is 1. The average molecular weight is 340 g/mol. The Labute approximate surface area is 144 Å². The van der Waals surface area contributed by atoms with Crippen LogP contribution < -0.4 is 11.1 Å². The van der Waals surface area contributed by atoms with E-state index in [2.05, 4.69) is 10.3 Å². The summed E-state index contributed by atoms with van der Waals surface area (Å²) < 4.78 is 27.1. The second-order valence-electron chi connectivity index (χ2n) is 5.73. The van der Waals surface area contributed by atoms with Gasteiger partial charge in [0.2, 0.25) is 0 Å². The first-order valence-electron chi connectivity index (χ1n) is 7.95. The maximum Gasteiger partial charge on any atom is 0.147 e. The van der Waals surface area contributed by atoms with Gasteiger partial charge in [-0.1, -0.05) is 18.2 Å². The minimum absolute atomic E-state index is 0.0685. The third-order valence-corrected chi connectivity index (χ3v) is 3.90. The molecular formula is C19H18F2N4. The van der Waals surface area contributed by atoms with Crippen molar-refractivity contribution in [3.05, 3.63) is 70.8 Å². The zero-order valence-electron chi connectivity index (χ0n) is 13.5. The summed E-state index contributed by atoms with van der Waals surface area (Å²) in [6.07, 6.45) is 4.10. The maximum atomic E-state index is 14.2. The van der Waals surface area contributed by atoms with Gasteiger partial charge in [-0.3, -0.25) is 4.99 Å². The molecule has 0 atom stereocenters. The fourth-order valence-electron chi connectivity index (χ4n) is 2.55. The third-order valence-electron chi connectivity index (χ3n) is 3.90. The van der Waals surface area contributed by atoms with Gasteiger partial charge < -0.3 is 16.5 Å². The van der Waals surface area contributed by atoms with E-state index in [9.17, 15) is 8.78 Å². The Morgan fingerprint density at radius 2 is 1.96 bits per heavy atom. The van der Waals surface area contributed by atoms with Crippen molar-refractivity contribution in [2.45, 2.75) is 6.42 Å². The minimum Gasteiger partial charge on any atom is -0.396 e. The number of halogens is 2. The van der Waals surface area contributed by atoms with Crippen LogP contribution in [0.1, 0.15) is 23.1 Å². The lowest BCUT2D eigenvalue weighted by Crippen LogP contribution is -2.30. The van der Waals surface area contributed by atoms with E-state index in [1.54, 1.807) is 24.3 Å². The van der Waals surface area contributed by atoms with Gasteiger partial charge in [0.25, 0.3) is 0 Å². The summed E-state index contributed by atoms with van der Waals surface area (Å²) in [7, 11) is 0. The van der Waals surface area contributed by atoms with Gasteiger partial charge in [-0.05, 0) is 42.3 Å². The summed E-state index contributed by atoms with van der Waals surface area (Å²) in [5.41, 5.74) is 7.41. The molecule has 1 aliphatic rings. The van der Waals surface area contributed by atoms with Crippen LogP contribution in [0.15, 0.2) is 47.5 Å². The van der Waals surface area contributed by atoms with Crippen molar-refractivity contribution < 1.29 is 8.78 Å². The number of hydrogen-bond donors (Lipinski definition) is 3. The Balaban J connectivity index is 1.89. The van der Waals surface area contributed by atoms with Gasteiger partial charge in [-0.2, -0.15) is 0 Å². The van der Waals surface area contributed by atoms with E-state index < -0.39 is 5.82 Å². The first kappa shape index (κ1) is 16.8. The van der Waals surface area contributed by atoms with Crippen LogP contribution in [0.3, 0.4) is 0 Å². The molecule has 0 aliphatic carbocycles. The summed E-state index contributed by atoms with van der Waals surface area (Å²) >= 11 is 0. The number of rotatable bonds is 4. The molecule has 3 rings (SSSR count). The van der Waals surface area contributed by atoms with Gasteiger partial charge in [0.05, 0.1) is 11.4 Å². The predicted octanol–water partition coefficient (Wildman–Crippen LogP) is 3.37. The average Bonchev–Trinajstić information content (AvgIpc) is 2.64. The van der Waals surface area contributed by atoms with E-state index in [0.717, 1.165) is 18.5 Å². The number of nitrogens with zero attached hydrogens (tertiary/aromatic N) is 1. The Hall–Kier alpha value is -3.02. The molecule has 128 valence electrons. The summed E-state index contributed by atoms with van der Waals surface area (Å²) in [6, 6.07) is 8.86. The van der Waals surface area contributed by atoms with E-state index >= 15 is 0 Å². The number of amidine groups is 1. The Kier molecular flexibility index (Phi) is 4.88. The molecule has 4 N–H and O–H groups in total. The molecule has 0 saturated heterocycles. The zero-order valence-corrected chi connectivity index (χ0v) is 13.5. The van der Waals surface area contributed by atoms with Crippen LogP contribution in [0.5, 0.6) is 0 Å². The second-order valence-corrected chi connectivity index (χ2v) is 5.73. The fraction of sp³-hybridized carbons (Fsp3) is 0.158. The van der Waals surface area contributed by atoms with Gasteiger partial charge in [0.1, 0.15) is 17.5 Å². The van der Waals surface area contributed by atoms with Crippen molar-refractivity contribution in [1.82, 2.24) is 5.32 Å². The normalized spacial score (nSPS) is 14.2. The number of nitrogen functional groups attached to an aromatic ring is 1. The molecule has 0 bridgehead atoms. The zero-order chi connectivity index (χ0) is 17.8. The van der Waals surface area contributed by atoms with E-state index in [-0.39, 0.29) is 17.2 Å². The topological polar surface area (TPSA) is 74.3 Å². The molecule has 6 heteroatoms. The summed E-state index contributed by atoms with van der Waals surface area (Å²) in [6.45, 7) is 1.47. The largest absolute Gasteiger partial charge is 0.396 e. The minimum atomic E-state index is -0.581. The Morgan fingerprint density at radius 3 is 2.64 bits per heavy atom. The number of nitrogens with two attached hydrogens (primary N) is 1. The van der Waals surface area contributed by atoms with Crippen molar-refractivity contribution in [1.29, 1.82) is 5.41 Å². The van der Waals surface area contributed by atoms with Crippen LogP contribution in [0, 0.1) is 17.0 Å². The van der Waals surface area contributed by atoms with Crippen molar-refractivity contribution >= 4 is 23.3 Å². The molecular weight excluding hydrogens is 322 g/mol. The molecule has 4 nitrogen and oxygen atoms in total. The molecule has 2 aromatic carbocycles. The smallest absolute Gasteiger partial charge is 0.147 e. The second kappa shape index (κ2) is 7.25. The van der Waals surface area contributed by atoms with E-state index in [0.29, 0.717) is 23.5 Å². The van der Waals surface area contributed by atoms with Crippen LogP contribution in [0.2, 0.25) is 0 Å². The number of nitrogens with one attached hydrogen (secondary N) is 2. The van der Waals surface area contributed by atoms with Crippen molar-refractivity contribution in [2.24, 2.45) is 4.99 Å². The van der Waals surface area contributed by atoms with Crippen molar-refractivity contribution in [3.63, 3.8) is 0 Å². The first-order valence-corrected chi connectivity index (χ1v) is 7.95. The lowest BCUT2D eigenvalue weighted by Gasteiger charge is -2.16. The molecule has 2 aromatic rings. The van der Waals surface area contributed by atoms with Crippen LogP contribution >= 0.6 is 0 Å². The summed E-state index contributed by atoms with van der Waals surface area (Å²) in [5.74, 6) is -0.295. The van der Waals surface area contributed by atoms with Gasteiger partial charge in [-0.25, -0.2) is 8.78 Å². The highest BCUT2D eigenvalue weighted by molar-refractivity contribution is 6.13. The molecule has 0 saturated carbocycles. The Bertz CT molecular complexity index is 854.